The maximum atomic E-state index is 12.6. The predicted octanol–water partition coefficient (Wildman–Crippen LogP) is 5.53. The summed E-state index contributed by atoms with van der Waals surface area (Å²) < 4.78 is 5.94. The number of benzene rings is 3. The van der Waals surface area contributed by atoms with Crippen LogP contribution in [0.5, 0.6) is 5.75 Å². The smallest absolute Gasteiger partial charge is 0.255 e. The number of anilines is 1. The molecule has 0 heterocycles. The van der Waals surface area contributed by atoms with E-state index >= 15 is 0 Å². The number of carbonyl (C=O) groups excluding carboxylic acids is 1. The van der Waals surface area contributed by atoms with Crippen molar-refractivity contribution in [2.24, 2.45) is 0 Å². The fraction of sp³-hybridized carbons (Fsp3) is 0.217. The molecule has 1 N–H and O–H groups in total. The van der Waals surface area contributed by atoms with Crippen molar-refractivity contribution < 1.29 is 9.53 Å². The number of fused-ring (bicyclic) bond motifs is 1. The Morgan fingerprint density at radius 3 is 2.52 bits per heavy atom. The van der Waals surface area contributed by atoms with Crippen LogP contribution in [0, 0.1) is 11.3 Å². The van der Waals surface area contributed by atoms with E-state index < -0.39 is 0 Å². The van der Waals surface area contributed by atoms with Gasteiger partial charge in [0.25, 0.3) is 5.91 Å². The molecular weight excluding hydrogens is 336 g/mol. The van der Waals surface area contributed by atoms with Gasteiger partial charge in [-0.15, -0.1) is 0 Å². The van der Waals surface area contributed by atoms with Gasteiger partial charge in [0.05, 0.1) is 17.7 Å². The molecule has 27 heavy (non-hydrogen) atoms. The molecule has 0 bridgehead atoms. The Balaban J connectivity index is 1.77. The molecule has 0 aliphatic heterocycles. The third kappa shape index (κ3) is 4.45. The summed E-state index contributed by atoms with van der Waals surface area (Å²) in [6, 6.07) is 20.5. The fourth-order valence-electron chi connectivity index (χ4n) is 2.95. The van der Waals surface area contributed by atoms with Crippen LogP contribution in [0.1, 0.15) is 42.6 Å². The number of ether oxygens (including phenoxy) is 1. The molecule has 0 saturated heterocycles. The van der Waals surface area contributed by atoms with Crippen molar-refractivity contribution in [3.05, 3.63) is 71.8 Å². The SMILES string of the molecule is CCC(CC)Oc1cccc(NC(=O)c2ccc3cc(C#N)ccc3c2)c1. The van der Waals surface area contributed by atoms with Crippen LogP contribution >= 0.6 is 0 Å². The van der Waals surface area contributed by atoms with Crippen LogP contribution < -0.4 is 10.1 Å². The van der Waals surface area contributed by atoms with Crippen LogP contribution in [0.2, 0.25) is 0 Å². The number of hydrogen-bond donors (Lipinski definition) is 1. The van der Waals surface area contributed by atoms with E-state index in [0.717, 1.165) is 29.4 Å². The number of nitrogens with zero attached hydrogens (tertiary/aromatic N) is 1. The molecule has 0 spiro atoms. The summed E-state index contributed by atoms with van der Waals surface area (Å²) in [5.74, 6) is 0.574. The van der Waals surface area contributed by atoms with Gasteiger partial charge in [-0.3, -0.25) is 4.79 Å². The monoisotopic (exact) mass is 358 g/mol. The minimum absolute atomic E-state index is 0.176. The van der Waals surface area contributed by atoms with E-state index in [9.17, 15) is 4.79 Å². The average molecular weight is 358 g/mol. The molecule has 0 atom stereocenters. The molecule has 3 aromatic carbocycles. The van der Waals surface area contributed by atoms with Crippen molar-refractivity contribution in [3.8, 4) is 11.8 Å². The number of nitrogens with one attached hydrogen (secondary N) is 1. The lowest BCUT2D eigenvalue weighted by Gasteiger charge is -2.16. The van der Waals surface area contributed by atoms with Crippen LogP contribution in [0.25, 0.3) is 10.8 Å². The minimum Gasteiger partial charge on any atom is -0.490 e. The van der Waals surface area contributed by atoms with Crippen LogP contribution in [0.15, 0.2) is 60.7 Å². The van der Waals surface area contributed by atoms with Gasteiger partial charge < -0.3 is 10.1 Å². The van der Waals surface area contributed by atoms with Crippen molar-refractivity contribution in [3.63, 3.8) is 0 Å². The number of amides is 1. The summed E-state index contributed by atoms with van der Waals surface area (Å²) in [7, 11) is 0. The largest absolute Gasteiger partial charge is 0.490 e. The Kier molecular flexibility index (Phi) is 5.73. The van der Waals surface area contributed by atoms with Gasteiger partial charge in [-0.05, 0) is 60.0 Å². The Bertz CT molecular complexity index is 1000. The van der Waals surface area contributed by atoms with Crippen molar-refractivity contribution in [2.45, 2.75) is 32.8 Å². The highest BCUT2D eigenvalue weighted by molar-refractivity contribution is 6.06. The summed E-state index contributed by atoms with van der Waals surface area (Å²) >= 11 is 0. The Hall–Kier alpha value is -3.32. The van der Waals surface area contributed by atoms with E-state index in [1.807, 2.05) is 48.5 Å². The first-order valence-corrected chi connectivity index (χ1v) is 9.15. The zero-order valence-electron chi connectivity index (χ0n) is 15.5. The van der Waals surface area contributed by atoms with Gasteiger partial charge >= 0.3 is 0 Å². The summed E-state index contributed by atoms with van der Waals surface area (Å²) in [5.41, 5.74) is 1.87. The molecule has 0 aliphatic carbocycles. The molecule has 4 heteroatoms. The lowest BCUT2D eigenvalue weighted by atomic mass is 10.0. The molecule has 0 unspecified atom stereocenters. The Labute approximate surface area is 159 Å². The molecule has 0 aliphatic rings. The maximum absolute atomic E-state index is 12.6. The van der Waals surface area contributed by atoms with Gasteiger partial charge in [0, 0.05) is 17.3 Å². The molecule has 0 aromatic heterocycles. The van der Waals surface area contributed by atoms with E-state index in [0.29, 0.717) is 16.8 Å². The predicted molar refractivity (Wildman–Crippen MR) is 108 cm³/mol. The highest BCUT2D eigenvalue weighted by atomic mass is 16.5. The van der Waals surface area contributed by atoms with Crippen molar-refractivity contribution in [1.29, 1.82) is 5.26 Å². The van der Waals surface area contributed by atoms with Gasteiger partial charge in [0.2, 0.25) is 0 Å². The number of carbonyl (C=O) groups is 1. The third-order valence-electron chi connectivity index (χ3n) is 4.54. The van der Waals surface area contributed by atoms with E-state index in [1.165, 1.54) is 0 Å². The number of hydrogen-bond acceptors (Lipinski definition) is 3. The Morgan fingerprint density at radius 2 is 1.78 bits per heavy atom. The molecule has 3 aromatic rings. The maximum Gasteiger partial charge on any atom is 0.255 e. The summed E-state index contributed by atoms with van der Waals surface area (Å²) in [6.07, 6.45) is 2.06. The summed E-state index contributed by atoms with van der Waals surface area (Å²) in [5, 5.41) is 13.8. The van der Waals surface area contributed by atoms with Gasteiger partial charge in [0.1, 0.15) is 5.75 Å². The fourth-order valence-corrected chi connectivity index (χ4v) is 2.95. The van der Waals surface area contributed by atoms with Crippen LogP contribution in [-0.4, -0.2) is 12.0 Å². The van der Waals surface area contributed by atoms with Crippen molar-refractivity contribution >= 4 is 22.4 Å². The van der Waals surface area contributed by atoms with E-state index in [-0.39, 0.29) is 12.0 Å². The summed E-state index contributed by atoms with van der Waals surface area (Å²) in [6.45, 7) is 4.19. The lowest BCUT2D eigenvalue weighted by Crippen LogP contribution is -2.14. The van der Waals surface area contributed by atoms with Crippen molar-refractivity contribution in [2.75, 3.05) is 5.32 Å². The summed E-state index contributed by atoms with van der Waals surface area (Å²) in [4.78, 5) is 12.6. The van der Waals surface area contributed by atoms with Crippen LogP contribution in [0.4, 0.5) is 5.69 Å². The zero-order chi connectivity index (χ0) is 19.2. The second-order valence-electron chi connectivity index (χ2n) is 6.43. The Morgan fingerprint density at radius 1 is 1.04 bits per heavy atom. The molecule has 3 rings (SSSR count). The van der Waals surface area contributed by atoms with Gasteiger partial charge in [-0.1, -0.05) is 32.0 Å². The van der Waals surface area contributed by atoms with Gasteiger partial charge in [0.15, 0.2) is 0 Å². The highest BCUT2D eigenvalue weighted by Crippen LogP contribution is 2.22. The first kappa shape index (κ1) is 18.5. The molecule has 136 valence electrons. The highest BCUT2D eigenvalue weighted by Gasteiger charge is 2.10. The second-order valence-corrected chi connectivity index (χ2v) is 6.43. The molecule has 0 saturated carbocycles. The first-order chi connectivity index (χ1) is 13.1. The first-order valence-electron chi connectivity index (χ1n) is 9.15. The normalized spacial score (nSPS) is 10.6. The van der Waals surface area contributed by atoms with Crippen molar-refractivity contribution in [1.82, 2.24) is 0 Å². The third-order valence-corrected chi connectivity index (χ3v) is 4.54. The van der Waals surface area contributed by atoms with E-state index in [2.05, 4.69) is 25.2 Å². The lowest BCUT2D eigenvalue weighted by molar-refractivity contribution is 0.102. The van der Waals surface area contributed by atoms with E-state index in [1.54, 1.807) is 12.1 Å². The molecule has 4 nitrogen and oxygen atoms in total. The van der Waals surface area contributed by atoms with Gasteiger partial charge in [-0.25, -0.2) is 0 Å². The number of nitriles is 1. The molecular formula is C23H22N2O2. The van der Waals surface area contributed by atoms with Crippen LogP contribution in [-0.2, 0) is 0 Å². The second kappa shape index (κ2) is 8.37. The minimum atomic E-state index is -0.180. The molecule has 0 fully saturated rings. The molecule has 1 amide bonds. The topological polar surface area (TPSA) is 62.1 Å². The molecule has 0 radical (unpaired) electrons. The zero-order valence-corrected chi connectivity index (χ0v) is 15.5. The number of rotatable bonds is 6. The van der Waals surface area contributed by atoms with E-state index in [4.69, 9.17) is 10.00 Å². The average Bonchev–Trinajstić information content (AvgIpc) is 2.71. The quantitative estimate of drug-likeness (QED) is 0.630. The standard InChI is InChI=1S/C23H22N2O2/c1-3-21(4-2)27-22-7-5-6-20(14-22)25-23(26)19-11-10-17-12-16(15-24)8-9-18(17)13-19/h5-14,21H,3-4H2,1-2H3,(H,25,26). The van der Waals surface area contributed by atoms with Gasteiger partial charge in [-0.2, -0.15) is 5.26 Å². The van der Waals surface area contributed by atoms with Crippen LogP contribution in [0.3, 0.4) is 0 Å².